The molecule has 0 unspecified atom stereocenters. The maximum Gasteiger partial charge on any atom is 0.341 e. The van der Waals surface area contributed by atoms with Crippen molar-refractivity contribution in [1.82, 2.24) is 0 Å². The Labute approximate surface area is 257 Å². The first-order valence-electron chi connectivity index (χ1n) is 15.8. The Bertz CT molecular complexity index is 1250. The number of esters is 2. The third-order valence-corrected chi connectivity index (χ3v) is 9.29. The average Bonchev–Trinajstić information content (AvgIpc) is 3.02. The van der Waals surface area contributed by atoms with Gasteiger partial charge in [-0.15, -0.1) is 0 Å². The van der Waals surface area contributed by atoms with E-state index in [1.165, 1.54) is 65.6 Å². The van der Waals surface area contributed by atoms with Crippen LogP contribution in [0.3, 0.4) is 0 Å². The molecule has 232 valence electrons. The number of carbonyl (C=O) groups is 2. The molecule has 2 aliphatic carbocycles. The van der Waals surface area contributed by atoms with Crippen LogP contribution in [0.4, 0.5) is 0 Å². The van der Waals surface area contributed by atoms with Gasteiger partial charge in [-0.1, -0.05) is 64.0 Å². The fraction of sp³-hybridized carbons (Fsp3) is 0.514. The summed E-state index contributed by atoms with van der Waals surface area (Å²) in [5.41, 5.74) is 3.61. The van der Waals surface area contributed by atoms with Gasteiger partial charge in [-0.2, -0.15) is 0 Å². The summed E-state index contributed by atoms with van der Waals surface area (Å²) >= 11 is 0. The summed E-state index contributed by atoms with van der Waals surface area (Å²) in [4.78, 5) is 25.0. The largest absolute Gasteiger partial charge is 0.423 e. The highest BCUT2D eigenvalue weighted by Gasteiger charge is 2.32. The van der Waals surface area contributed by atoms with Crippen LogP contribution < -0.4 is 9.47 Å². The van der Waals surface area contributed by atoms with Gasteiger partial charge >= 0.3 is 11.9 Å². The monoisotopic (exact) mass is 588 g/mol. The van der Waals surface area contributed by atoms with E-state index in [4.69, 9.17) is 18.9 Å². The van der Waals surface area contributed by atoms with Crippen LogP contribution in [0.25, 0.3) is 11.1 Å². The number of rotatable bonds is 13. The lowest BCUT2D eigenvalue weighted by molar-refractivity contribution is -0.131. The van der Waals surface area contributed by atoms with E-state index in [1.54, 1.807) is 12.1 Å². The maximum atomic E-state index is 12.8. The Morgan fingerprint density at radius 3 is 1.81 bits per heavy atom. The van der Waals surface area contributed by atoms with Crippen LogP contribution in [0, 0.1) is 17.8 Å². The molecule has 2 saturated carbocycles. The molecule has 4 rings (SSSR count). The van der Waals surface area contributed by atoms with Crippen LogP contribution in [0.1, 0.15) is 82.6 Å². The van der Waals surface area contributed by atoms with Gasteiger partial charge in [0.2, 0.25) is 0 Å². The molecule has 2 aromatic rings. The van der Waals surface area contributed by atoms with E-state index in [0.29, 0.717) is 23.0 Å². The number of benzene rings is 2. The van der Waals surface area contributed by atoms with Crippen molar-refractivity contribution in [3.8, 4) is 22.6 Å². The van der Waals surface area contributed by atoms with E-state index in [0.717, 1.165) is 47.3 Å². The zero-order chi connectivity index (χ0) is 30.8. The van der Waals surface area contributed by atoms with Crippen molar-refractivity contribution in [2.24, 2.45) is 17.8 Å². The van der Waals surface area contributed by atoms with Crippen LogP contribution in [0.15, 0.2) is 66.8 Å². The van der Waals surface area contributed by atoms with Crippen molar-refractivity contribution in [1.29, 1.82) is 0 Å². The Hall–Kier alpha value is -3.22. The van der Waals surface area contributed by atoms with Gasteiger partial charge in [-0.05, 0) is 103 Å². The smallest absolute Gasteiger partial charge is 0.341 e. The van der Waals surface area contributed by atoms with E-state index in [2.05, 4.69) is 26.1 Å². The van der Waals surface area contributed by atoms with Gasteiger partial charge in [-0.3, -0.25) is 0 Å². The second kappa shape index (κ2) is 16.0. The Balaban J connectivity index is 1.49. The van der Waals surface area contributed by atoms with Crippen molar-refractivity contribution in [3.05, 3.63) is 72.3 Å². The molecule has 0 aliphatic heterocycles. The van der Waals surface area contributed by atoms with Gasteiger partial charge in [0.05, 0.1) is 24.4 Å². The number of hydrogen-bond acceptors (Lipinski definition) is 6. The fourth-order valence-electron chi connectivity index (χ4n) is 6.93. The first-order valence-corrected chi connectivity index (χ1v) is 15.8. The van der Waals surface area contributed by atoms with E-state index < -0.39 is 11.9 Å². The maximum absolute atomic E-state index is 12.8. The SMILES string of the molecule is C=C(COC)C(=O)Oc1ccc(-c2ccc(OC(=O)C(=C)COC)c(C3CCC(C4CCC(CCC)CC4)CC3)c2)cc1. The zero-order valence-electron chi connectivity index (χ0n) is 26.2. The van der Waals surface area contributed by atoms with Crippen molar-refractivity contribution >= 4 is 11.9 Å². The lowest BCUT2D eigenvalue weighted by Gasteiger charge is -2.38. The molecule has 2 aromatic carbocycles. The minimum atomic E-state index is -0.511. The summed E-state index contributed by atoms with van der Waals surface area (Å²) in [7, 11) is 3.05. The average molecular weight is 589 g/mol. The van der Waals surface area contributed by atoms with Gasteiger partial charge in [0.1, 0.15) is 11.5 Å². The van der Waals surface area contributed by atoms with Crippen LogP contribution in [-0.2, 0) is 19.1 Å². The molecular weight excluding hydrogens is 540 g/mol. The molecule has 6 heteroatoms. The van der Waals surface area contributed by atoms with E-state index in [1.807, 2.05) is 24.3 Å². The molecule has 0 atom stereocenters. The quantitative estimate of drug-likeness (QED) is 0.133. The predicted molar refractivity (Wildman–Crippen MR) is 170 cm³/mol. The lowest BCUT2D eigenvalue weighted by atomic mass is 9.68. The molecule has 6 nitrogen and oxygen atoms in total. The molecule has 0 N–H and O–H groups in total. The molecule has 0 amide bonds. The fourth-order valence-corrected chi connectivity index (χ4v) is 6.93. The Morgan fingerprint density at radius 2 is 1.26 bits per heavy atom. The molecule has 43 heavy (non-hydrogen) atoms. The van der Waals surface area contributed by atoms with Gasteiger partial charge in [0, 0.05) is 14.2 Å². The Kier molecular flexibility index (Phi) is 12.2. The van der Waals surface area contributed by atoms with E-state index in [-0.39, 0.29) is 18.8 Å². The van der Waals surface area contributed by atoms with Crippen LogP contribution >= 0.6 is 0 Å². The number of methoxy groups -OCH3 is 2. The number of carbonyl (C=O) groups excluding carboxylic acids is 2. The zero-order valence-corrected chi connectivity index (χ0v) is 26.2. The first-order chi connectivity index (χ1) is 20.8. The summed E-state index contributed by atoms with van der Waals surface area (Å²) < 4.78 is 21.4. The van der Waals surface area contributed by atoms with Crippen molar-refractivity contribution in [3.63, 3.8) is 0 Å². The van der Waals surface area contributed by atoms with Gasteiger partial charge < -0.3 is 18.9 Å². The highest BCUT2D eigenvalue weighted by Crippen LogP contribution is 2.46. The first kappa shape index (κ1) is 32.7. The number of hydrogen-bond donors (Lipinski definition) is 0. The van der Waals surface area contributed by atoms with Gasteiger partial charge in [-0.25, -0.2) is 9.59 Å². The van der Waals surface area contributed by atoms with E-state index in [9.17, 15) is 9.59 Å². The van der Waals surface area contributed by atoms with Gasteiger partial charge in [0.25, 0.3) is 0 Å². The summed E-state index contributed by atoms with van der Waals surface area (Å²) in [6.07, 6.45) is 12.8. The predicted octanol–water partition coefficient (Wildman–Crippen LogP) is 8.45. The molecule has 2 fully saturated rings. The molecule has 0 heterocycles. The topological polar surface area (TPSA) is 71.1 Å². The molecular formula is C37H48O6. The van der Waals surface area contributed by atoms with Crippen molar-refractivity contribution in [2.45, 2.75) is 77.0 Å². The molecule has 2 aliphatic rings. The van der Waals surface area contributed by atoms with Crippen molar-refractivity contribution in [2.75, 3.05) is 27.4 Å². The molecule has 0 radical (unpaired) electrons. The minimum Gasteiger partial charge on any atom is -0.423 e. The lowest BCUT2D eigenvalue weighted by Crippen LogP contribution is -2.25. The summed E-state index contributed by atoms with van der Waals surface area (Å²) in [6.45, 7) is 10.1. The molecule has 0 bridgehead atoms. The van der Waals surface area contributed by atoms with Crippen LogP contribution in [0.5, 0.6) is 11.5 Å². The molecule has 0 spiro atoms. The second-order valence-electron chi connectivity index (χ2n) is 12.3. The third kappa shape index (κ3) is 8.90. The van der Waals surface area contributed by atoms with E-state index >= 15 is 0 Å². The minimum absolute atomic E-state index is 0.122. The number of ether oxygens (including phenoxy) is 4. The van der Waals surface area contributed by atoms with Gasteiger partial charge in [0.15, 0.2) is 0 Å². The summed E-state index contributed by atoms with van der Waals surface area (Å²) in [5.74, 6) is 2.96. The summed E-state index contributed by atoms with van der Waals surface area (Å²) in [6, 6.07) is 13.4. The highest BCUT2D eigenvalue weighted by atomic mass is 16.5. The highest BCUT2D eigenvalue weighted by molar-refractivity contribution is 5.90. The van der Waals surface area contributed by atoms with Crippen molar-refractivity contribution < 1.29 is 28.5 Å². The second-order valence-corrected chi connectivity index (χ2v) is 12.3. The third-order valence-electron chi connectivity index (χ3n) is 9.29. The standard InChI is InChI=1S/C37H48O6/c1-6-7-27-8-10-28(11-9-27)29-12-14-31(15-13-29)34-22-32(18-21-35(34)43-37(39)26(3)24-41-5)30-16-19-33(20-17-30)42-36(38)25(2)23-40-4/h16-22,27-29,31H,2-3,6-15,23-24H2,1,4-5H3. The normalized spacial score (nSPS) is 22.0. The Morgan fingerprint density at radius 1 is 0.721 bits per heavy atom. The van der Waals surface area contributed by atoms with Crippen LogP contribution in [0.2, 0.25) is 0 Å². The molecule has 0 aromatic heterocycles. The summed E-state index contributed by atoms with van der Waals surface area (Å²) in [5, 5.41) is 0. The van der Waals surface area contributed by atoms with Crippen LogP contribution in [-0.4, -0.2) is 39.4 Å². The molecule has 0 saturated heterocycles.